The molecule has 11 heteroatoms. The van der Waals surface area contributed by atoms with Crippen LogP contribution in [-0.4, -0.2) is 51.5 Å². The van der Waals surface area contributed by atoms with Crippen LogP contribution in [0.3, 0.4) is 0 Å². The molecule has 0 spiro atoms. The van der Waals surface area contributed by atoms with Gasteiger partial charge in [-0.15, -0.1) is 0 Å². The molecular formula is C20H21F3N2O5S. The lowest BCUT2D eigenvalue weighted by atomic mass is 10.2. The fourth-order valence-corrected chi connectivity index (χ4v) is 4.42. The molecule has 0 saturated carbocycles. The van der Waals surface area contributed by atoms with Crippen molar-refractivity contribution < 1.29 is 35.9 Å². The lowest BCUT2D eigenvalue weighted by molar-refractivity contribution is -0.139. The van der Waals surface area contributed by atoms with Gasteiger partial charge in [-0.3, -0.25) is 4.79 Å². The number of morpholine rings is 1. The van der Waals surface area contributed by atoms with E-state index in [1.54, 1.807) is 13.0 Å². The number of nitrogens with zero attached hydrogens (tertiary/aromatic N) is 1. The molecule has 2 aromatic rings. The number of rotatable bonds is 6. The van der Waals surface area contributed by atoms with Crippen LogP contribution in [0.2, 0.25) is 0 Å². The van der Waals surface area contributed by atoms with Crippen molar-refractivity contribution in [3.05, 3.63) is 53.6 Å². The van der Waals surface area contributed by atoms with Crippen LogP contribution in [0, 0.1) is 6.92 Å². The highest BCUT2D eigenvalue weighted by molar-refractivity contribution is 7.89. The highest BCUT2D eigenvalue weighted by atomic mass is 32.2. The summed E-state index contributed by atoms with van der Waals surface area (Å²) in [6.45, 7) is 2.04. The van der Waals surface area contributed by atoms with Crippen LogP contribution >= 0.6 is 0 Å². The van der Waals surface area contributed by atoms with Gasteiger partial charge in [-0.1, -0.05) is 18.2 Å². The van der Waals surface area contributed by atoms with Crippen molar-refractivity contribution in [1.82, 2.24) is 4.31 Å². The quantitative estimate of drug-likeness (QED) is 0.719. The minimum atomic E-state index is -4.62. The fraction of sp³-hybridized carbons (Fsp3) is 0.350. The molecule has 168 valence electrons. The predicted molar refractivity (Wildman–Crippen MR) is 106 cm³/mol. The average molecular weight is 458 g/mol. The van der Waals surface area contributed by atoms with E-state index in [1.165, 1.54) is 28.6 Å². The maximum absolute atomic E-state index is 13.0. The van der Waals surface area contributed by atoms with Crippen molar-refractivity contribution in [2.75, 3.05) is 38.2 Å². The molecule has 0 bridgehead atoms. The number of anilines is 1. The average Bonchev–Trinajstić information content (AvgIpc) is 2.74. The van der Waals surface area contributed by atoms with Crippen LogP contribution in [0.15, 0.2) is 47.4 Å². The first-order valence-electron chi connectivity index (χ1n) is 9.36. The van der Waals surface area contributed by atoms with Gasteiger partial charge in [0.15, 0.2) is 6.61 Å². The van der Waals surface area contributed by atoms with Crippen LogP contribution < -0.4 is 10.1 Å². The SMILES string of the molecule is Cc1ccc(S(=O)(=O)N2CCOCC2)cc1NC(=O)COc1ccccc1C(F)(F)F. The lowest BCUT2D eigenvalue weighted by Gasteiger charge is -2.26. The monoisotopic (exact) mass is 458 g/mol. The van der Waals surface area contributed by atoms with Crippen molar-refractivity contribution in [2.24, 2.45) is 0 Å². The zero-order chi connectivity index (χ0) is 22.6. The number of benzene rings is 2. The molecular weight excluding hydrogens is 437 g/mol. The van der Waals surface area contributed by atoms with E-state index in [0.29, 0.717) is 18.8 Å². The first-order valence-corrected chi connectivity index (χ1v) is 10.8. The third-order valence-electron chi connectivity index (χ3n) is 4.64. The number of sulfonamides is 1. The van der Waals surface area contributed by atoms with Crippen LogP contribution in [0.25, 0.3) is 0 Å². The normalized spacial score (nSPS) is 15.5. The predicted octanol–water partition coefficient (Wildman–Crippen LogP) is 3.05. The number of halogens is 3. The summed E-state index contributed by atoms with van der Waals surface area (Å²) in [7, 11) is -3.77. The summed E-state index contributed by atoms with van der Waals surface area (Å²) < 4.78 is 76.2. The lowest BCUT2D eigenvalue weighted by Crippen LogP contribution is -2.40. The number of amides is 1. The zero-order valence-corrected chi connectivity index (χ0v) is 17.4. The van der Waals surface area contributed by atoms with Gasteiger partial charge < -0.3 is 14.8 Å². The van der Waals surface area contributed by atoms with Gasteiger partial charge in [-0.05, 0) is 36.8 Å². The summed E-state index contributed by atoms with van der Waals surface area (Å²) >= 11 is 0. The fourth-order valence-electron chi connectivity index (χ4n) is 2.99. The molecule has 1 N–H and O–H groups in total. The minimum Gasteiger partial charge on any atom is -0.483 e. The Morgan fingerprint density at radius 3 is 2.52 bits per heavy atom. The first-order chi connectivity index (χ1) is 14.6. The Morgan fingerprint density at radius 2 is 1.84 bits per heavy atom. The van der Waals surface area contributed by atoms with Crippen LogP contribution in [0.4, 0.5) is 18.9 Å². The Balaban J connectivity index is 1.72. The molecule has 1 fully saturated rings. The number of carbonyl (C=O) groups is 1. The Hall–Kier alpha value is -2.63. The molecule has 2 aromatic carbocycles. The highest BCUT2D eigenvalue weighted by Gasteiger charge is 2.34. The van der Waals surface area contributed by atoms with Gasteiger partial charge in [0.25, 0.3) is 5.91 Å². The third kappa shape index (κ3) is 5.54. The Kier molecular flexibility index (Phi) is 6.87. The van der Waals surface area contributed by atoms with E-state index in [-0.39, 0.29) is 23.7 Å². The van der Waals surface area contributed by atoms with Crippen LogP contribution in [-0.2, 0) is 25.7 Å². The third-order valence-corrected chi connectivity index (χ3v) is 6.54. The number of nitrogens with one attached hydrogen (secondary N) is 1. The Bertz CT molecular complexity index is 1050. The second kappa shape index (κ2) is 9.25. The zero-order valence-electron chi connectivity index (χ0n) is 16.6. The molecule has 0 aromatic heterocycles. The number of para-hydroxylation sites is 1. The number of carbonyl (C=O) groups excluding carboxylic acids is 1. The Labute approximate surface area is 177 Å². The second-order valence-corrected chi connectivity index (χ2v) is 8.76. The van der Waals surface area contributed by atoms with E-state index in [1.807, 2.05) is 0 Å². The number of ether oxygens (including phenoxy) is 2. The Morgan fingerprint density at radius 1 is 1.16 bits per heavy atom. The van der Waals surface area contributed by atoms with Gasteiger partial charge in [0.1, 0.15) is 5.75 Å². The van der Waals surface area contributed by atoms with Crippen molar-refractivity contribution in [3.8, 4) is 5.75 Å². The minimum absolute atomic E-state index is 0.00126. The standard InChI is InChI=1S/C20H21F3N2O5S/c1-14-6-7-15(31(27,28)25-8-10-29-11-9-25)12-17(14)24-19(26)13-30-18-5-3-2-4-16(18)20(21,22)23/h2-7,12H,8-11,13H2,1H3,(H,24,26). The molecule has 1 aliphatic rings. The summed E-state index contributed by atoms with van der Waals surface area (Å²) in [6, 6.07) is 8.87. The molecule has 31 heavy (non-hydrogen) atoms. The number of aryl methyl sites for hydroxylation is 1. The van der Waals surface area contributed by atoms with E-state index >= 15 is 0 Å². The van der Waals surface area contributed by atoms with Gasteiger partial charge in [-0.25, -0.2) is 8.42 Å². The highest BCUT2D eigenvalue weighted by Crippen LogP contribution is 2.35. The molecule has 0 aliphatic carbocycles. The van der Waals surface area contributed by atoms with Gasteiger partial charge in [0.2, 0.25) is 10.0 Å². The molecule has 7 nitrogen and oxygen atoms in total. The van der Waals surface area contributed by atoms with Gasteiger partial charge in [-0.2, -0.15) is 17.5 Å². The summed E-state index contributed by atoms with van der Waals surface area (Å²) in [5.41, 5.74) is -0.172. The molecule has 1 saturated heterocycles. The molecule has 1 amide bonds. The summed E-state index contributed by atoms with van der Waals surface area (Å²) in [4.78, 5) is 12.3. The molecule has 1 heterocycles. The number of hydrogen-bond acceptors (Lipinski definition) is 5. The molecule has 0 unspecified atom stereocenters. The molecule has 1 aliphatic heterocycles. The molecule has 0 radical (unpaired) electrons. The van der Waals surface area contributed by atoms with Crippen LogP contribution in [0.1, 0.15) is 11.1 Å². The summed E-state index contributed by atoms with van der Waals surface area (Å²) in [6.07, 6.45) is -4.62. The smallest absolute Gasteiger partial charge is 0.419 e. The van der Waals surface area contributed by atoms with Crippen molar-refractivity contribution in [2.45, 2.75) is 18.0 Å². The first kappa shape index (κ1) is 23.0. The summed E-state index contributed by atoms with van der Waals surface area (Å²) in [5, 5.41) is 2.50. The van der Waals surface area contributed by atoms with Gasteiger partial charge in [0.05, 0.1) is 23.7 Å². The van der Waals surface area contributed by atoms with Gasteiger partial charge >= 0.3 is 6.18 Å². The number of hydrogen-bond donors (Lipinski definition) is 1. The van der Waals surface area contributed by atoms with Gasteiger partial charge in [0, 0.05) is 18.8 Å². The molecule has 3 rings (SSSR count). The van der Waals surface area contributed by atoms with Crippen molar-refractivity contribution in [3.63, 3.8) is 0 Å². The topological polar surface area (TPSA) is 84.9 Å². The van der Waals surface area contributed by atoms with Crippen molar-refractivity contribution >= 4 is 21.6 Å². The number of alkyl halides is 3. The van der Waals surface area contributed by atoms with E-state index < -0.39 is 40.0 Å². The molecule has 0 atom stereocenters. The van der Waals surface area contributed by atoms with E-state index in [0.717, 1.165) is 12.1 Å². The second-order valence-electron chi connectivity index (χ2n) is 6.82. The van der Waals surface area contributed by atoms with E-state index in [4.69, 9.17) is 9.47 Å². The van der Waals surface area contributed by atoms with Crippen molar-refractivity contribution in [1.29, 1.82) is 0 Å². The maximum Gasteiger partial charge on any atom is 0.419 e. The summed E-state index contributed by atoms with van der Waals surface area (Å²) in [5.74, 6) is -1.19. The largest absolute Gasteiger partial charge is 0.483 e. The van der Waals surface area contributed by atoms with E-state index in [9.17, 15) is 26.4 Å². The van der Waals surface area contributed by atoms with E-state index in [2.05, 4.69) is 5.32 Å². The maximum atomic E-state index is 13.0. The van der Waals surface area contributed by atoms with Crippen LogP contribution in [0.5, 0.6) is 5.75 Å².